The summed E-state index contributed by atoms with van der Waals surface area (Å²) in [4.78, 5) is 6.46. The Hall–Kier alpha value is -1.39. The molecule has 1 aromatic heterocycles. The topological polar surface area (TPSA) is 65.5 Å². The number of halogens is 2. The second kappa shape index (κ2) is 9.40. The van der Waals surface area contributed by atoms with Gasteiger partial charge >= 0.3 is 0 Å². The van der Waals surface area contributed by atoms with Crippen molar-refractivity contribution in [2.24, 2.45) is 5.92 Å². The van der Waals surface area contributed by atoms with Crippen molar-refractivity contribution in [1.29, 1.82) is 0 Å². The SMILES string of the molecule is O=S(=O)(c1ccc(Br)cc1)N1CCN(C(c2ccncc2F)C2CCNCC2)CC1. The van der Waals surface area contributed by atoms with Crippen LogP contribution < -0.4 is 5.32 Å². The van der Waals surface area contributed by atoms with E-state index in [1.165, 1.54) is 10.5 Å². The molecular weight excluding hydrogens is 471 g/mol. The highest BCUT2D eigenvalue weighted by molar-refractivity contribution is 9.10. The highest BCUT2D eigenvalue weighted by Gasteiger charge is 2.36. The van der Waals surface area contributed by atoms with Crippen LogP contribution in [0.15, 0.2) is 52.1 Å². The third-order valence-corrected chi connectivity index (χ3v) is 8.51. The number of hydrogen-bond acceptors (Lipinski definition) is 5. The van der Waals surface area contributed by atoms with E-state index in [4.69, 9.17) is 0 Å². The molecule has 0 aliphatic carbocycles. The lowest BCUT2D eigenvalue weighted by atomic mass is 9.84. The van der Waals surface area contributed by atoms with Crippen molar-refractivity contribution in [1.82, 2.24) is 19.5 Å². The van der Waals surface area contributed by atoms with Crippen molar-refractivity contribution < 1.29 is 12.8 Å². The van der Waals surface area contributed by atoms with E-state index in [0.29, 0.717) is 42.6 Å². The molecule has 6 nitrogen and oxygen atoms in total. The number of sulfonamides is 1. The summed E-state index contributed by atoms with van der Waals surface area (Å²) in [6, 6.07) is 8.43. The Morgan fingerprint density at radius 1 is 1.07 bits per heavy atom. The minimum Gasteiger partial charge on any atom is -0.317 e. The number of pyridine rings is 1. The third-order valence-electron chi connectivity index (χ3n) is 6.07. The Morgan fingerprint density at radius 3 is 2.37 bits per heavy atom. The minimum absolute atomic E-state index is 0.0624. The second-order valence-corrected chi connectivity index (χ2v) is 10.7. The standard InChI is InChI=1S/C21H26BrFN4O2S/c22-17-1-3-18(4-2-17)30(28,29)27-13-11-26(12-14-27)21(16-5-8-24-9-6-16)19-7-10-25-15-20(19)23/h1-4,7,10,15-16,21,24H,5-6,8-9,11-14H2. The molecule has 1 aromatic carbocycles. The van der Waals surface area contributed by atoms with Crippen molar-refractivity contribution in [3.05, 3.63) is 58.6 Å². The van der Waals surface area contributed by atoms with Gasteiger partial charge in [0.25, 0.3) is 0 Å². The molecule has 0 spiro atoms. The lowest BCUT2D eigenvalue weighted by molar-refractivity contribution is 0.0828. The summed E-state index contributed by atoms with van der Waals surface area (Å²) in [5, 5.41) is 3.37. The van der Waals surface area contributed by atoms with Gasteiger partial charge in [-0.1, -0.05) is 15.9 Å². The molecule has 1 atom stereocenters. The maximum absolute atomic E-state index is 14.7. The first kappa shape index (κ1) is 21.8. The minimum atomic E-state index is -3.53. The van der Waals surface area contributed by atoms with Crippen LogP contribution in [0.25, 0.3) is 0 Å². The number of rotatable bonds is 5. The fourth-order valence-corrected chi connectivity index (χ4v) is 6.20. The van der Waals surface area contributed by atoms with Gasteiger partial charge in [-0.3, -0.25) is 9.88 Å². The van der Waals surface area contributed by atoms with E-state index >= 15 is 0 Å². The number of piperidine rings is 1. The number of nitrogens with one attached hydrogen (secondary N) is 1. The molecule has 3 heterocycles. The largest absolute Gasteiger partial charge is 0.317 e. The van der Waals surface area contributed by atoms with E-state index in [-0.39, 0.29) is 11.9 Å². The molecule has 2 fully saturated rings. The van der Waals surface area contributed by atoms with Gasteiger partial charge in [-0.25, -0.2) is 12.8 Å². The predicted octanol–water partition coefficient (Wildman–Crippen LogP) is 3.03. The molecule has 0 radical (unpaired) electrons. The highest BCUT2D eigenvalue weighted by atomic mass is 79.9. The Bertz CT molecular complexity index is 959. The summed E-state index contributed by atoms with van der Waals surface area (Å²) in [6.07, 6.45) is 4.87. The summed E-state index contributed by atoms with van der Waals surface area (Å²) in [6.45, 7) is 3.79. The van der Waals surface area contributed by atoms with Crippen molar-refractivity contribution >= 4 is 26.0 Å². The zero-order valence-corrected chi connectivity index (χ0v) is 19.1. The van der Waals surface area contributed by atoms with Crippen LogP contribution in [-0.4, -0.2) is 61.9 Å². The van der Waals surface area contributed by atoms with E-state index in [9.17, 15) is 12.8 Å². The molecule has 0 bridgehead atoms. The number of nitrogens with zero attached hydrogens (tertiary/aromatic N) is 3. The van der Waals surface area contributed by atoms with Crippen LogP contribution in [0.5, 0.6) is 0 Å². The lowest BCUT2D eigenvalue weighted by Crippen LogP contribution is -2.51. The van der Waals surface area contributed by atoms with Crippen LogP contribution in [0.1, 0.15) is 24.4 Å². The normalized spacial score (nSPS) is 20.9. The van der Waals surface area contributed by atoms with Gasteiger partial charge in [-0.05, 0) is 62.2 Å². The maximum atomic E-state index is 14.7. The highest BCUT2D eigenvalue weighted by Crippen LogP contribution is 2.36. The van der Waals surface area contributed by atoms with Crippen LogP contribution in [-0.2, 0) is 10.0 Å². The van der Waals surface area contributed by atoms with Gasteiger partial charge in [0.15, 0.2) is 0 Å². The number of hydrogen-bond donors (Lipinski definition) is 1. The first-order valence-corrected chi connectivity index (χ1v) is 12.5. The fourth-order valence-electron chi connectivity index (χ4n) is 4.51. The molecule has 0 amide bonds. The van der Waals surface area contributed by atoms with Crippen LogP contribution in [0.4, 0.5) is 4.39 Å². The third kappa shape index (κ3) is 4.60. The van der Waals surface area contributed by atoms with E-state index in [1.807, 2.05) is 0 Å². The van der Waals surface area contributed by atoms with E-state index < -0.39 is 10.0 Å². The molecule has 0 saturated carbocycles. The van der Waals surface area contributed by atoms with Crippen LogP contribution in [0.2, 0.25) is 0 Å². The molecule has 1 N–H and O–H groups in total. The van der Waals surface area contributed by atoms with Gasteiger partial charge in [-0.15, -0.1) is 0 Å². The molecule has 1 unspecified atom stereocenters. The zero-order valence-electron chi connectivity index (χ0n) is 16.7. The summed E-state index contributed by atoms with van der Waals surface area (Å²) in [7, 11) is -3.53. The van der Waals surface area contributed by atoms with Gasteiger partial charge in [0, 0.05) is 48.5 Å². The second-order valence-electron chi connectivity index (χ2n) is 7.82. The molecule has 9 heteroatoms. The molecule has 162 valence electrons. The fraction of sp³-hybridized carbons (Fsp3) is 0.476. The smallest absolute Gasteiger partial charge is 0.243 e. The summed E-state index contributed by atoms with van der Waals surface area (Å²) in [5.41, 5.74) is 0.668. The van der Waals surface area contributed by atoms with Gasteiger partial charge < -0.3 is 5.32 Å². The Morgan fingerprint density at radius 2 is 1.73 bits per heavy atom. The molecule has 2 saturated heterocycles. The van der Waals surface area contributed by atoms with Crippen molar-refractivity contribution in [3.8, 4) is 0 Å². The number of aromatic nitrogens is 1. The van der Waals surface area contributed by atoms with E-state index in [2.05, 4.69) is 31.1 Å². The molecule has 2 aromatic rings. The summed E-state index contributed by atoms with van der Waals surface area (Å²) in [5.74, 6) is 0.0451. The van der Waals surface area contributed by atoms with E-state index in [1.54, 1.807) is 36.5 Å². The molecule has 30 heavy (non-hydrogen) atoms. The first-order valence-electron chi connectivity index (χ1n) is 10.3. The summed E-state index contributed by atoms with van der Waals surface area (Å²) >= 11 is 3.34. The molecule has 4 rings (SSSR count). The predicted molar refractivity (Wildman–Crippen MR) is 117 cm³/mol. The zero-order chi connectivity index (χ0) is 21.1. The first-order chi connectivity index (χ1) is 14.5. The van der Waals surface area contributed by atoms with Crippen molar-refractivity contribution in [3.63, 3.8) is 0 Å². The Balaban J connectivity index is 1.52. The van der Waals surface area contributed by atoms with Gasteiger partial charge in [0.05, 0.1) is 11.1 Å². The average Bonchev–Trinajstić information content (AvgIpc) is 2.77. The molecule has 2 aliphatic rings. The molecular formula is C21H26BrFN4O2S. The Labute approximate surface area is 185 Å². The van der Waals surface area contributed by atoms with Crippen LogP contribution >= 0.6 is 15.9 Å². The van der Waals surface area contributed by atoms with Crippen molar-refractivity contribution in [2.45, 2.75) is 23.8 Å². The number of piperazine rings is 1. The maximum Gasteiger partial charge on any atom is 0.243 e. The summed E-state index contributed by atoms with van der Waals surface area (Å²) < 4.78 is 43.1. The van der Waals surface area contributed by atoms with Crippen molar-refractivity contribution in [2.75, 3.05) is 39.3 Å². The lowest BCUT2D eigenvalue weighted by Gasteiger charge is -2.43. The monoisotopic (exact) mass is 496 g/mol. The van der Waals surface area contributed by atoms with Gasteiger partial charge in [-0.2, -0.15) is 4.31 Å². The quantitative estimate of drug-likeness (QED) is 0.688. The van der Waals surface area contributed by atoms with E-state index in [0.717, 1.165) is 30.4 Å². The van der Waals surface area contributed by atoms with Gasteiger partial charge in [0.1, 0.15) is 5.82 Å². The van der Waals surface area contributed by atoms with Crippen LogP contribution in [0.3, 0.4) is 0 Å². The molecule has 2 aliphatic heterocycles. The van der Waals surface area contributed by atoms with Crippen LogP contribution in [0, 0.1) is 11.7 Å². The average molecular weight is 497 g/mol. The Kier molecular flexibility index (Phi) is 6.84. The van der Waals surface area contributed by atoms with Gasteiger partial charge in [0.2, 0.25) is 10.0 Å². The number of benzene rings is 1.